The van der Waals surface area contributed by atoms with Crippen molar-refractivity contribution in [3.8, 4) is 0 Å². The first kappa shape index (κ1) is 12.2. The summed E-state index contributed by atoms with van der Waals surface area (Å²) < 4.78 is 4.51. The molecule has 0 saturated carbocycles. The van der Waals surface area contributed by atoms with Gasteiger partial charge in [0.2, 0.25) is 0 Å². The molecule has 0 spiro atoms. The van der Waals surface area contributed by atoms with Gasteiger partial charge in [-0.05, 0) is 6.42 Å². The summed E-state index contributed by atoms with van der Waals surface area (Å²) in [5, 5.41) is 8.87. The second-order valence-electron chi connectivity index (χ2n) is 3.48. The molecule has 2 atom stereocenters. The molecule has 0 bridgehead atoms. The zero-order valence-electron chi connectivity index (χ0n) is 8.88. The first-order valence-electron chi connectivity index (χ1n) is 4.74. The van der Waals surface area contributed by atoms with Crippen molar-refractivity contribution in [1.29, 1.82) is 0 Å². The Hall–Kier alpha value is -1.85. The number of hydrogen-bond acceptors (Lipinski definition) is 4. The van der Waals surface area contributed by atoms with E-state index in [1.807, 2.05) is 0 Å². The van der Waals surface area contributed by atoms with Crippen LogP contribution in [0.5, 0.6) is 0 Å². The normalized spacial score (nSPS) is 24.3. The number of esters is 1. The number of ether oxygens (including phenoxy) is 1. The van der Waals surface area contributed by atoms with E-state index in [0.717, 1.165) is 12.0 Å². The molecule has 6 nitrogen and oxygen atoms in total. The Morgan fingerprint density at radius 3 is 2.75 bits per heavy atom. The van der Waals surface area contributed by atoms with Crippen LogP contribution < -0.4 is 0 Å². The molecule has 0 aromatic heterocycles. The average Bonchev–Trinajstić information content (AvgIpc) is 2.56. The first-order valence-corrected chi connectivity index (χ1v) is 4.74. The van der Waals surface area contributed by atoms with Crippen LogP contribution in [0, 0.1) is 5.92 Å². The van der Waals surface area contributed by atoms with Gasteiger partial charge in [-0.15, -0.1) is 6.58 Å². The van der Waals surface area contributed by atoms with Gasteiger partial charge < -0.3 is 9.84 Å². The Morgan fingerprint density at radius 2 is 2.31 bits per heavy atom. The van der Waals surface area contributed by atoms with E-state index in [9.17, 15) is 14.4 Å². The lowest BCUT2D eigenvalue weighted by atomic mass is 9.96. The molecule has 2 unspecified atom stereocenters. The summed E-state index contributed by atoms with van der Waals surface area (Å²) in [5.41, 5.74) is 0. The Morgan fingerprint density at radius 1 is 1.69 bits per heavy atom. The van der Waals surface area contributed by atoms with Crippen molar-refractivity contribution in [3.63, 3.8) is 0 Å². The van der Waals surface area contributed by atoms with Gasteiger partial charge in [-0.3, -0.25) is 9.69 Å². The van der Waals surface area contributed by atoms with Gasteiger partial charge in [0.05, 0.1) is 19.6 Å². The van der Waals surface area contributed by atoms with Gasteiger partial charge in [0.1, 0.15) is 6.04 Å². The summed E-state index contributed by atoms with van der Waals surface area (Å²) in [6, 6.07) is -1.05. The van der Waals surface area contributed by atoms with Crippen LogP contribution in [-0.4, -0.2) is 47.5 Å². The number of likely N-dealkylation sites (tertiary alicyclic amines) is 1. The lowest BCUT2D eigenvalue weighted by molar-refractivity contribution is -0.147. The molecule has 6 heteroatoms. The first-order chi connectivity index (χ1) is 7.52. The van der Waals surface area contributed by atoms with Crippen molar-refractivity contribution < 1.29 is 24.2 Å². The molecule has 1 fully saturated rings. The highest BCUT2D eigenvalue weighted by atomic mass is 16.5. The second-order valence-corrected chi connectivity index (χ2v) is 3.48. The Labute approximate surface area is 92.5 Å². The fourth-order valence-corrected chi connectivity index (χ4v) is 1.82. The van der Waals surface area contributed by atoms with E-state index in [1.54, 1.807) is 0 Å². The largest absolute Gasteiger partial charge is 0.467 e. The predicted octanol–water partition coefficient (Wildman–Crippen LogP) is 0.283. The van der Waals surface area contributed by atoms with Crippen LogP contribution >= 0.6 is 0 Å². The number of hydrogen-bond donors (Lipinski definition) is 1. The van der Waals surface area contributed by atoms with Crippen LogP contribution in [0.2, 0.25) is 0 Å². The standard InChI is InChI=1S/C10H13NO5/c1-3-4-6-7(12)5-11(10(14)15)8(6)9(13)16-2/h3,6,8H,1,4-5H2,2H3,(H,14,15). The monoisotopic (exact) mass is 227 g/mol. The number of nitrogens with zero attached hydrogens (tertiary/aromatic N) is 1. The van der Waals surface area contributed by atoms with E-state index in [4.69, 9.17) is 5.11 Å². The number of Topliss-reactive ketones (excluding diaryl/α,β-unsaturated/α-hetero) is 1. The summed E-state index contributed by atoms with van der Waals surface area (Å²) in [7, 11) is 1.16. The van der Waals surface area contributed by atoms with Gasteiger partial charge in [0, 0.05) is 0 Å². The summed E-state index contributed by atoms with van der Waals surface area (Å²) >= 11 is 0. The van der Waals surface area contributed by atoms with Crippen LogP contribution in [0.3, 0.4) is 0 Å². The third kappa shape index (κ3) is 2.05. The minimum absolute atomic E-state index is 0.266. The average molecular weight is 227 g/mol. The zero-order valence-corrected chi connectivity index (χ0v) is 8.88. The minimum atomic E-state index is -1.30. The molecular weight excluding hydrogens is 214 g/mol. The fraction of sp³-hybridized carbons (Fsp3) is 0.500. The van der Waals surface area contributed by atoms with E-state index in [1.165, 1.54) is 6.08 Å². The predicted molar refractivity (Wildman–Crippen MR) is 53.8 cm³/mol. The third-order valence-electron chi connectivity index (χ3n) is 2.57. The number of methoxy groups -OCH3 is 1. The van der Waals surface area contributed by atoms with Crippen molar-refractivity contribution in [2.24, 2.45) is 5.92 Å². The van der Waals surface area contributed by atoms with Crippen molar-refractivity contribution in [1.82, 2.24) is 4.90 Å². The molecule has 0 aromatic carbocycles. The maximum Gasteiger partial charge on any atom is 0.408 e. The van der Waals surface area contributed by atoms with Gasteiger partial charge in [0.15, 0.2) is 5.78 Å². The maximum absolute atomic E-state index is 11.5. The van der Waals surface area contributed by atoms with E-state index in [2.05, 4.69) is 11.3 Å². The number of carbonyl (C=O) groups is 3. The van der Waals surface area contributed by atoms with Crippen LogP contribution in [-0.2, 0) is 14.3 Å². The molecule has 0 aromatic rings. The molecule has 1 saturated heterocycles. The molecule has 1 N–H and O–H groups in total. The molecule has 1 aliphatic rings. The lowest BCUT2D eigenvalue weighted by Crippen LogP contribution is -2.43. The molecule has 16 heavy (non-hydrogen) atoms. The van der Waals surface area contributed by atoms with Crippen molar-refractivity contribution in [3.05, 3.63) is 12.7 Å². The van der Waals surface area contributed by atoms with Crippen LogP contribution in [0.15, 0.2) is 12.7 Å². The van der Waals surface area contributed by atoms with E-state index < -0.39 is 24.0 Å². The molecule has 0 radical (unpaired) electrons. The summed E-state index contributed by atoms with van der Waals surface area (Å²) in [5.74, 6) is -1.67. The van der Waals surface area contributed by atoms with Crippen LogP contribution in [0.25, 0.3) is 0 Å². The quantitative estimate of drug-likeness (QED) is 0.553. The molecule has 1 heterocycles. The summed E-state index contributed by atoms with van der Waals surface area (Å²) in [6.45, 7) is 3.21. The number of amides is 1. The summed E-state index contributed by atoms with van der Waals surface area (Å²) in [6.07, 6.45) is 0.460. The molecule has 1 rings (SSSR count). The van der Waals surface area contributed by atoms with Gasteiger partial charge in [0.25, 0.3) is 0 Å². The Bertz CT molecular complexity index is 338. The zero-order chi connectivity index (χ0) is 12.3. The Balaban J connectivity index is 2.99. The van der Waals surface area contributed by atoms with E-state index in [0.29, 0.717) is 0 Å². The van der Waals surface area contributed by atoms with Crippen LogP contribution in [0.4, 0.5) is 4.79 Å². The van der Waals surface area contributed by atoms with Crippen LogP contribution in [0.1, 0.15) is 6.42 Å². The molecule has 88 valence electrons. The molecule has 1 aliphatic heterocycles. The SMILES string of the molecule is C=CCC1C(=O)CN(C(=O)O)C1C(=O)OC. The maximum atomic E-state index is 11.5. The molecule has 1 amide bonds. The number of allylic oxidation sites excluding steroid dienone is 1. The highest BCUT2D eigenvalue weighted by molar-refractivity contribution is 5.97. The molecular formula is C10H13NO5. The van der Waals surface area contributed by atoms with Crippen molar-refractivity contribution in [2.75, 3.05) is 13.7 Å². The fourth-order valence-electron chi connectivity index (χ4n) is 1.82. The topological polar surface area (TPSA) is 83.9 Å². The third-order valence-corrected chi connectivity index (χ3v) is 2.57. The van der Waals surface area contributed by atoms with Gasteiger partial charge >= 0.3 is 12.1 Å². The highest BCUT2D eigenvalue weighted by Gasteiger charge is 2.47. The van der Waals surface area contributed by atoms with Crippen molar-refractivity contribution in [2.45, 2.75) is 12.5 Å². The lowest BCUT2D eigenvalue weighted by Gasteiger charge is -2.21. The van der Waals surface area contributed by atoms with E-state index in [-0.39, 0.29) is 18.7 Å². The number of carbonyl (C=O) groups excluding carboxylic acids is 2. The Kier molecular flexibility index (Phi) is 3.65. The number of ketones is 1. The highest BCUT2D eigenvalue weighted by Crippen LogP contribution is 2.25. The van der Waals surface area contributed by atoms with Gasteiger partial charge in [-0.25, -0.2) is 9.59 Å². The van der Waals surface area contributed by atoms with E-state index >= 15 is 0 Å². The molecule has 0 aliphatic carbocycles. The number of carboxylic acid groups (broad SMARTS) is 1. The minimum Gasteiger partial charge on any atom is -0.467 e. The van der Waals surface area contributed by atoms with Crippen molar-refractivity contribution >= 4 is 17.8 Å². The smallest absolute Gasteiger partial charge is 0.408 e. The van der Waals surface area contributed by atoms with Gasteiger partial charge in [-0.2, -0.15) is 0 Å². The van der Waals surface area contributed by atoms with Gasteiger partial charge in [-0.1, -0.05) is 6.08 Å². The second kappa shape index (κ2) is 4.78. The number of rotatable bonds is 3. The summed E-state index contributed by atoms with van der Waals surface area (Å²) in [4.78, 5) is 34.7.